The second-order valence-electron chi connectivity index (χ2n) is 0.575. The number of carboxylic acids is 2. The van der Waals surface area contributed by atoms with Crippen LogP contribution in [0.2, 0.25) is 0 Å². The van der Waals surface area contributed by atoms with Gasteiger partial charge < -0.3 is 19.8 Å². The van der Waals surface area contributed by atoms with Crippen LogP contribution < -0.4 is 61.6 Å². The fourth-order valence-corrected chi connectivity index (χ4v) is 0. The Morgan fingerprint density at radius 2 is 1.12 bits per heavy atom. The Labute approximate surface area is 98.5 Å². The summed E-state index contributed by atoms with van der Waals surface area (Å²) in [6.07, 6.45) is 0. The Morgan fingerprint density at radius 1 is 1.00 bits per heavy atom. The Balaban J connectivity index is -0.000000125. The number of hydrogen-bond donors (Lipinski definition) is 0. The third-order valence-corrected chi connectivity index (χ3v) is 0.167. The quantitative estimate of drug-likeness (QED) is 0.275. The van der Waals surface area contributed by atoms with E-state index in [0.717, 1.165) is 0 Å². The fourth-order valence-electron chi connectivity index (χ4n) is 0. The fraction of sp³-hybridized carbons (Fsp3) is 0. The molecule has 1 radical (unpaired) electrons. The van der Waals surface area contributed by atoms with Crippen molar-refractivity contribution in [1.29, 1.82) is 0 Å². The summed E-state index contributed by atoms with van der Waals surface area (Å²) in [6.45, 7) is 0. The molecule has 0 heterocycles. The van der Waals surface area contributed by atoms with Crippen molar-refractivity contribution in [2.45, 2.75) is 0 Å². The van der Waals surface area contributed by atoms with Gasteiger partial charge in [0.1, 0.15) is 0 Å². The molecule has 0 spiro atoms. The number of carboxylic acid groups (broad SMARTS) is 2. The van der Waals surface area contributed by atoms with Crippen molar-refractivity contribution >= 4 is 11.9 Å². The summed E-state index contributed by atoms with van der Waals surface area (Å²) in [4.78, 5) is 17.9. The molecule has 0 aliphatic carbocycles. The predicted octanol–water partition coefficient (Wildman–Crippen LogP) is -6.51. The second kappa shape index (κ2) is 8.10. The van der Waals surface area contributed by atoms with Crippen molar-refractivity contribution in [1.82, 2.24) is 0 Å². The summed E-state index contributed by atoms with van der Waals surface area (Å²) in [6, 6.07) is 0. The van der Waals surface area contributed by atoms with E-state index >= 15 is 0 Å². The number of carbonyl (C=O) groups is 2. The number of rotatable bonds is 0. The molecule has 0 saturated heterocycles. The van der Waals surface area contributed by atoms with Gasteiger partial charge in [-0.25, -0.2) is 0 Å². The van der Waals surface area contributed by atoms with Crippen molar-refractivity contribution in [3.63, 3.8) is 0 Å². The maximum atomic E-state index is 8.93. The summed E-state index contributed by atoms with van der Waals surface area (Å²) in [5.41, 5.74) is 0. The average molecular weight is 182 g/mol. The van der Waals surface area contributed by atoms with Gasteiger partial charge in [0, 0.05) is 0 Å². The summed E-state index contributed by atoms with van der Waals surface area (Å²) in [5, 5.41) is 17.9. The number of aliphatic carboxylic acids is 2. The zero-order chi connectivity index (χ0) is 5.15. The van der Waals surface area contributed by atoms with Crippen molar-refractivity contribution < 1.29 is 88.3 Å². The van der Waals surface area contributed by atoms with Crippen molar-refractivity contribution in [2.75, 3.05) is 0 Å². The Hall–Kier alpha value is 1.10. The van der Waals surface area contributed by atoms with Gasteiger partial charge in [0.25, 0.3) is 0 Å². The topological polar surface area (TPSA) is 80.3 Å². The van der Waals surface area contributed by atoms with Gasteiger partial charge in [-0.3, -0.25) is 0 Å². The van der Waals surface area contributed by atoms with Crippen LogP contribution in [-0.2, 0) is 26.7 Å². The molecule has 6 heteroatoms. The average Bonchev–Trinajstić information content (AvgIpc) is 1.36. The molecule has 0 amide bonds. The van der Waals surface area contributed by atoms with Crippen LogP contribution in [0.15, 0.2) is 0 Å². The molecule has 0 aromatic rings. The molecule has 8 heavy (non-hydrogen) atoms. The first-order valence-corrected chi connectivity index (χ1v) is 1.07. The first-order chi connectivity index (χ1) is 2.64. The third-order valence-electron chi connectivity index (χ3n) is 0.167. The molecular formula is C2KMnO4+. The normalized spacial score (nSPS) is 5.50. The number of carbonyl (C=O) groups excluding carboxylic acids is 2. The van der Waals surface area contributed by atoms with Crippen LogP contribution in [0.25, 0.3) is 0 Å². The Bertz CT molecular complexity index is 80.0. The monoisotopic (exact) mass is 182 g/mol. The van der Waals surface area contributed by atoms with Crippen LogP contribution in [0, 0.1) is 0 Å². The Morgan fingerprint density at radius 3 is 1.12 bits per heavy atom. The predicted molar refractivity (Wildman–Crippen MR) is 10.0 cm³/mol. The minimum atomic E-state index is -2.19. The molecule has 0 atom stereocenters. The van der Waals surface area contributed by atoms with Gasteiger partial charge in [0.05, 0.1) is 11.9 Å². The van der Waals surface area contributed by atoms with Gasteiger partial charge in [-0.2, -0.15) is 0 Å². The zero-order valence-electron chi connectivity index (χ0n) is 4.01. The van der Waals surface area contributed by atoms with Crippen LogP contribution in [0.3, 0.4) is 0 Å². The van der Waals surface area contributed by atoms with Crippen LogP contribution in [0.5, 0.6) is 0 Å². The molecule has 0 aromatic heterocycles. The van der Waals surface area contributed by atoms with Crippen molar-refractivity contribution in [2.24, 2.45) is 0 Å². The first kappa shape index (κ1) is 16.0. The third kappa shape index (κ3) is 10.2. The SMILES string of the molecule is O=C([O-])C(=O)[O-].[K+].[Mn+2]. The molecule has 0 aliphatic heterocycles. The molecule has 0 bridgehead atoms. The summed E-state index contributed by atoms with van der Waals surface area (Å²) < 4.78 is 0. The van der Waals surface area contributed by atoms with E-state index < -0.39 is 11.9 Å². The van der Waals surface area contributed by atoms with Crippen molar-refractivity contribution in [3.8, 4) is 0 Å². The van der Waals surface area contributed by atoms with Crippen LogP contribution in [0.4, 0.5) is 0 Å². The Kier molecular flexibility index (Phi) is 16.2. The molecule has 0 fully saturated rings. The first-order valence-electron chi connectivity index (χ1n) is 1.07. The molecule has 4 nitrogen and oxygen atoms in total. The van der Waals surface area contributed by atoms with Gasteiger partial charge in [0.2, 0.25) is 0 Å². The van der Waals surface area contributed by atoms with E-state index in [4.69, 9.17) is 19.8 Å². The zero-order valence-corrected chi connectivity index (χ0v) is 8.31. The molecular weight excluding hydrogens is 182 g/mol. The maximum absolute atomic E-state index is 8.93. The minimum Gasteiger partial charge on any atom is -0.543 e. The maximum Gasteiger partial charge on any atom is 2.00 e. The second-order valence-corrected chi connectivity index (χ2v) is 0.575. The summed E-state index contributed by atoms with van der Waals surface area (Å²) >= 11 is 0. The molecule has 0 rings (SSSR count). The summed E-state index contributed by atoms with van der Waals surface area (Å²) in [5.74, 6) is -4.37. The van der Waals surface area contributed by atoms with Crippen LogP contribution in [0.1, 0.15) is 0 Å². The number of hydrogen-bond acceptors (Lipinski definition) is 4. The smallest absolute Gasteiger partial charge is 0.543 e. The van der Waals surface area contributed by atoms with E-state index in [-0.39, 0.29) is 68.5 Å². The molecule has 0 saturated carbocycles. The molecule has 0 N–H and O–H groups in total. The van der Waals surface area contributed by atoms with E-state index in [1.54, 1.807) is 0 Å². The summed E-state index contributed by atoms with van der Waals surface area (Å²) in [7, 11) is 0. The molecule has 0 aromatic carbocycles. The van der Waals surface area contributed by atoms with Gasteiger partial charge in [0.15, 0.2) is 0 Å². The van der Waals surface area contributed by atoms with E-state index in [2.05, 4.69) is 0 Å². The molecule has 0 unspecified atom stereocenters. The molecule has 39 valence electrons. The van der Waals surface area contributed by atoms with E-state index in [0.29, 0.717) is 0 Å². The van der Waals surface area contributed by atoms with Gasteiger partial charge in [-0.1, -0.05) is 0 Å². The van der Waals surface area contributed by atoms with Crippen LogP contribution >= 0.6 is 0 Å². The van der Waals surface area contributed by atoms with E-state index in [1.165, 1.54) is 0 Å². The van der Waals surface area contributed by atoms with Gasteiger partial charge in [-0.05, 0) is 0 Å². The van der Waals surface area contributed by atoms with E-state index in [1.807, 2.05) is 0 Å². The van der Waals surface area contributed by atoms with Crippen LogP contribution in [-0.4, -0.2) is 11.9 Å². The minimum absolute atomic E-state index is 0. The standard InChI is InChI=1S/C2H2O4.K.Mn/c3-1(4)2(5)6;;/h(H,3,4)(H,5,6);;/q;+1;+2/p-2. The van der Waals surface area contributed by atoms with Gasteiger partial charge in [-0.15, -0.1) is 0 Å². The van der Waals surface area contributed by atoms with Crippen molar-refractivity contribution in [3.05, 3.63) is 0 Å². The van der Waals surface area contributed by atoms with Gasteiger partial charge >= 0.3 is 68.5 Å². The largest absolute Gasteiger partial charge is 2.00 e. The van der Waals surface area contributed by atoms with E-state index in [9.17, 15) is 0 Å². The molecule has 0 aliphatic rings.